The predicted octanol–water partition coefficient (Wildman–Crippen LogP) is 5.60. The van der Waals surface area contributed by atoms with Crippen molar-refractivity contribution in [1.82, 2.24) is 19.5 Å². The lowest BCUT2D eigenvalue weighted by Crippen LogP contribution is -2.46. The molecule has 1 saturated heterocycles. The number of amides is 1. The summed E-state index contributed by atoms with van der Waals surface area (Å²) in [6.07, 6.45) is 6.74. The number of hydrogen-bond donors (Lipinski definition) is 0. The highest BCUT2D eigenvalue weighted by atomic mass is 32.1. The molecule has 0 bridgehead atoms. The molecule has 42 heavy (non-hydrogen) atoms. The number of carbonyl (C=O) groups is 2. The number of ether oxygens (including phenoxy) is 2. The van der Waals surface area contributed by atoms with Crippen LogP contribution in [0.25, 0.3) is 16.6 Å². The number of anilines is 1. The van der Waals surface area contributed by atoms with E-state index in [1.165, 1.54) is 4.90 Å². The first-order valence-corrected chi connectivity index (χ1v) is 14.1. The Kier molecular flexibility index (Phi) is 10.2. The minimum atomic E-state index is -0.613. The SMILES string of the molecule is CCOc1cc(-c2ccc(N3CCC(C)(CC(=O)[C@H](C)N(C)C(=O)OC(C)(C)C)CC3)nc2)c2c(C#N)cnn2c1.S. The zero-order valence-electron chi connectivity index (χ0n) is 25.6. The molecule has 0 N–H and O–H groups in total. The Morgan fingerprint density at radius 3 is 2.48 bits per heavy atom. The van der Waals surface area contributed by atoms with E-state index >= 15 is 0 Å². The molecule has 1 amide bonds. The number of piperidine rings is 1. The van der Waals surface area contributed by atoms with Gasteiger partial charge in [-0.05, 0) is 71.1 Å². The lowest BCUT2D eigenvalue weighted by Gasteiger charge is -2.40. The largest absolute Gasteiger partial charge is 0.492 e. The van der Waals surface area contributed by atoms with Crippen molar-refractivity contribution < 1.29 is 19.1 Å². The second kappa shape index (κ2) is 13.0. The maximum Gasteiger partial charge on any atom is 0.410 e. The van der Waals surface area contributed by atoms with E-state index in [0.29, 0.717) is 24.3 Å². The van der Waals surface area contributed by atoms with E-state index in [1.54, 1.807) is 30.9 Å². The number of fused-ring (bicyclic) bond motifs is 1. The first-order valence-electron chi connectivity index (χ1n) is 14.1. The smallest absolute Gasteiger partial charge is 0.410 e. The molecule has 1 fully saturated rings. The van der Waals surface area contributed by atoms with Crippen molar-refractivity contribution in [2.45, 2.75) is 72.4 Å². The van der Waals surface area contributed by atoms with E-state index in [2.05, 4.69) is 23.0 Å². The maximum absolute atomic E-state index is 13.1. The van der Waals surface area contributed by atoms with Gasteiger partial charge in [-0.25, -0.2) is 14.3 Å². The third kappa shape index (κ3) is 7.34. The fourth-order valence-electron chi connectivity index (χ4n) is 5.11. The van der Waals surface area contributed by atoms with E-state index in [0.717, 1.165) is 48.4 Å². The molecule has 0 unspecified atom stereocenters. The van der Waals surface area contributed by atoms with Crippen molar-refractivity contribution in [1.29, 1.82) is 5.26 Å². The fourth-order valence-corrected chi connectivity index (χ4v) is 5.11. The Morgan fingerprint density at radius 2 is 1.90 bits per heavy atom. The summed E-state index contributed by atoms with van der Waals surface area (Å²) in [6.45, 7) is 13.3. The van der Waals surface area contributed by atoms with Gasteiger partial charge in [-0.3, -0.25) is 4.79 Å². The molecule has 0 radical (unpaired) electrons. The number of Topliss-reactive ketones (excluding diaryl/α,β-unsaturated/α-hetero) is 1. The molecule has 1 aliphatic rings. The van der Waals surface area contributed by atoms with Crippen LogP contribution in [0.15, 0.2) is 36.8 Å². The zero-order chi connectivity index (χ0) is 29.9. The van der Waals surface area contributed by atoms with Gasteiger partial charge in [0.25, 0.3) is 0 Å². The number of nitriles is 1. The van der Waals surface area contributed by atoms with Crippen molar-refractivity contribution in [3.05, 3.63) is 42.4 Å². The summed E-state index contributed by atoms with van der Waals surface area (Å²) < 4.78 is 12.8. The predicted molar refractivity (Wildman–Crippen MR) is 167 cm³/mol. The average molecular weight is 595 g/mol. The number of rotatable bonds is 8. The highest BCUT2D eigenvalue weighted by Crippen LogP contribution is 2.37. The molecule has 4 rings (SSSR count). The summed E-state index contributed by atoms with van der Waals surface area (Å²) in [5.41, 5.74) is 2.14. The lowest BCUT2D eigenvalue weighted by atomic mass is 9.75. The van der Waals surface area contributed by atoms with Crippen LogP contribution in [0.1, 0.15) is 66.4 Å². The zero-order valence-corrected chi connectivity index (χ0v) is 26.6. The molecule has 0 aromatic carbocycles. The van der Waals surface area contributed by atoms with E-state index in [9.17, 15) is 14.9 Å². The van der Waals surface area contributed by atoms with Gasteiger partial charge in [-0.2, -0.15) is 23.9 Å². The molecule has 10 nitrogen and oxygen atoms in total. The van der Waals surface area contributed by atoms with Crippen molar-refractivity contribution in [3.8, 4) is 22.9 Å². The topological polar surface area (TPSA) is 113 Å². The van der Waals surface area contributed by atoms with Crippen LogP contribution < -0.4 is 9.64 Å². The lowest BCUT2D eigenvalue weighted by molar-refractivity contribution is -0.125. The van der Waals surface area contributed by atoms with Crippen molar-refractivity contribution >= 4 is 36.7 Å². The van der Waals surface area contributed by atoms with Crippen molar-refractivity contribution in [2.75, 3.05) is 31.6 Å². The third-order valence-corrected chi connectivity index (χ3v) is 7.70. The Morgan fingerprint density at radius 1 is 1.21 bits per heavy atom. The van der Waals surface area contributed by atoms with Crippen LogP contribution >= 0.6 is 13.5 Å². The minimum Gasteiger partial charge on any atom is -0.492 e. The molecule has 1 aliphatic heterocycles. The fraction of sp³-hybridized carbons (Fsp3) is 0.516. The molecule has 11 heteroatoms. The van der Waals surface area contributed by atoms with E-state index in [-0.39, 0.29) is 24.7 Å². The van der Waals surface area contributed by atoms with Gasteiger partial charge in [0, 0.05) is 43.9 Å². The Hall–Kier alpha value is -3.78. The van der Waals surface area contributed by atoms with Crippen LogP contribution in [-0.4, -0.2) is 69.8 Å². The number of pyridine rings is 2. The minimum absolute atomic E-state index is 0. The quantitative estimate of drug-likeness (QED) is 0.331. The van der Waals surface area contributed by atoms with Gasteiger partial charge in [-0.1, -0.05) is 6.92 Å². The number of hydrogen-bond acceptors (Lipinski definition) is 8. The number of aromatic nitrogens is 3. The molecule has 3 aromatic heterocycles. The summed E-state index contributed by atoms with van der Waals surface area (Å²) in [4.78, 5) is 33.9. The van der Waals surface area contributed by atoms with E-state index < -0.39 is 17.7 Å². The number of carbonyl (C=O) groups excluding carboxylic acids is 2. The molecule has 1 atom stereocenters. The first-order chi connectivity index (χ1) is 19.3. The van der Waals surface area contributed by atoms with Crippen LogP contribution in [0, 0.1) is 16.7 Å². The molecule has 0 saturated carbocycles. The summed E-state index contributed by atoms with van der Waals surface area (Å²) in [7, 11) is 1.61. The van der Waals surface area contributed by atoms with Crippen LogP contribution in [0.5, 0.6) is 5.75 Å². The van der Waals surface area contributed by atoms with E-state index in [4.69, 9.17) is 14.5 Å². The Bertz CT molecular complexity index is 1450. The molecule has 226 valence electrons. The number of likely N-dealkylation sites (N-methyl/N-ethyl adjacent to an activating group) is 1. The third-order valence-electron chi connectivity index (χ3n) is 7.70. The van der Waals surface area contributed by atoms with Crippen molar-refractivity contribution in [3.63, 3.8) is 0 Å². The molecule has 0 aliphatic carbocycles. The second-order valence-electron chi connectivity index (χ2n) is 12.1. The highest BCUT2D eigenvalue weighted by molar-refractivity contribution is 7.59. The van der Waals surface area contributed by atoms with Gasteiger partial charge in [0.1, 0.15) is 23.2 Å². The summed E-state index contributed by atoms with van der Waals surface area (Å²) in [5.74, 6) is 1.57. The monoisotopic (exact) mass is 594 g/mol. The normalized spacial score (nSPS) is 15.3. The van der Waals surface area contributed by atoms with Crippen LogP contribution in [0.4, 0.5) is 10.6 Å². The average Bonchev–Trinajstić information content (AvgIpc) is 3.34. The second-order valence-corrected chi connectivity index (χ2v) is 12.1. The molecule has 4 heterocycles. The standard InChI is InChI=1S/C31H40N6O4.H2S/c1-8-40-24-15-25(28-23(17-32)19-34-37(28)20-24)22-9-10-27(33-18-22)36-13-11-31(6,12-14-36)16-26(38)21(2)35(7)29(39)41-30(3,4)5;/h9-10,15,18-21H,8,11-14,16H2,1-7H3;1H2/t21-;/m0./s1. The Labute approximate surface area is 255 Å². The van der Waals surface area contributed by atoms with Crippen LogP contribution in [-0.2, 0) is 9.53 Å². The maximum atomic E-state index is 13.1. The molecular formula is C31H42N6O4S. The summed E-state index contributed by atoms with van der Waals surface area (Å²) in [6, 6.07) is 7.58. The van der Waals surface area contributed by atoms with Gasteiger partial charge in [-0.15, -0.1) is 0 Å². The van der Waals surface area contributed by atoms with Gasteiger partial charge in [0.15, 0.2) is 5.78 Å². The first kappa shape index (κ1) is 32.7. The van der Waals surface area contributed by atoms with E-state index in [1.807, 2.05) is 52.1 Å². The number of ketones is 1. The van der Waals surface area contributed by atoms with Gasteiger partial charge >= 0.3 is 6.09 Å². The van der Waals surface area contributed by atoms with Crippen LogP contribution in [0.3, 0.4) is 0 Å². The molecule has 3 aromatic rings. The van der Waals surface area contributed by atoms with Crippen molar-refractivity contribution in [2.24, 2.45) is 5.41 Å². The summed E-state index contributed by atoms with van der Waals surface area (Å²) >= 11 is 0. The highest BCUT2D eigenvalue weighted by Gasteiger charge is 2.36. The van der Waals surface area contributed by atoms with Gasteiger partial charge in [0.05, 0.1) is 36.1 Å². The Balaban J connectivity index is 0.00000484. The molecule has 0 spiro atoms. The number of nitrogens with zero attached hydrogens (tertiary/aromatic N) is 6. The van der Waals surface area contributed by atoms with Gasteiger partial charge in [0.2, 0.25) is 0 Å². The summed E-state index contributed by atoms with van der Waals surface area (Å²) in [5, 5.41) is 13.9. The van der Waals surface area contributed by atoms with Crippen LogP contribution in [0.2, 0.25) is 0 Å². The molecular weight excluding hydrogens is 552 g/mol. The van der Waals surface area contributed by atoms with Gasteiger partial charge < -0.3 is 19.3 Å².